The van der Waals surface area contributed by atoms with Crippen molar-refractivity contribution in [2.24, 2.45) is 5.92 Å². The van der Waals surface area contributed by atoms with Gasteiger partial charge in [0.2, 0.25) is 5.91 Å². The van der Waals surface area contributed by atoms with Gasteiger partial charge in [-0.05, 0) is 57.5 Å². The number of amides is 1. The van der Waals surface area contributed by atoms with Gasteiger partial charge < -0.3 is 10.4 Å². The second kappa shape index (κ2) is 6.49. The maximum absolute atomic E-state index is 12.0. The van der Waals surface area contributed by atoms with Crippen LogP contribution in [0.5, 0.6) is 0 Å². The van der Waals surface area contributed by atoms with Crippen molar-refractivity contribution >= 4 is 17.2 Å². The molecule has 2 N–H and O–H groups in total. The van der Waals surface area contributed by atoms with E-state index in [1.165, 1.54) is 23.5 Å². The van der Waals surface area contributed by atoms with Crippen LogP contribution in [-0.2, 0) is 11.3 Å². The van der Waals surface area contributed by atoms with E-state index in [0.717, 1.165) is 51.2 Å². The van der Waals surface area contributed by atoms with Crippen LogP contribution in [0.4, 0.5) is 0 Å². The zero-order valence-electron chi connectivity index (χ0n) is 13.4. The number of thiazole rings is 1. The quantitative estimate of drug-likeness (QED) is 0.833. The number of likely N-dealkylation sites (tertiary alicyclic amines) is 1. The van der Waals surface area contributed by atoms with Crippen LogP contribution >= 0.6 is 11.3 Å². The molecule has 0 aromatic carbocycles. The van der Waals surface area contributed by atoms with Crippen LogP contribution in [0.25, 0.3) is 0 Å². The third-order valence-corrected chi connectivity index (χ3v) is 6.21. The number of hydrogen-bond donors (Lipinski definition) is 2. The van der Waals surface area contributed by atoms with Gasteiger partial charge in [0.05, 0.1) is 10.7 Å². The third kappa shape index (κ3) is 3.92. The van der Waals surface area contributed by atoms with Crippen LogP contribution in [0.3, 0.4) is 0 Å². The fourth-order valence-corrected chi connectivity index (χ4v) is 4.28. The minimum Gasteiger partial charge on any atom is -0.383 e. The molecule has 0 radical (unpaired) electrons. The molecule has 23 heavy (non-hydrogen) atoms. The lowest BCUT2D eigenvalue weighted by Gasteiger charge is -2.33. The molecule has 126 valence electrons. The summed E-state index contributed by atoms with van der Waals surface area (Å²) in [6.45, 7) is 2.78. The summed E-state index contributed by atoms with van der Waals surface area (Å²) < 4.78 is 0. The van der Waals surface area contributed by atoms with Gasteiger partial charge in [0.1, 0.15) is 6.10 Å². The van der Waals surface area contributed by atoms with Crippen LogP contribution in [0, 0.1) is 5.92 Å². The number of piperidine rings is 1. The first-order valence-electron chi connectivity index (χ1n) is 8.84. The van der Waals surface area contributed by atoms with Gasteiger partial charge in [0.25, 0.3) is 0 Å². The molecule has 1 amide bonds. The van der Waals surface area contributed by atoms with Gasteiger partial charge in [-0.2, -0.15) is 0 Å². The Hall–Kier alpha value is -0.980. The van der Waals surface area contributed by atoms with E-state index in [-0.39, 0.29) is 11.8 Å². The second-order valence-electron chi connectivity index (χ2n) is 7.29. The molecule has 4 rings (SSSR count). The lowest BCUT2D eigenvalue weighted by atomic mass is 9.90. The van der Waals surface area contributed by atoms with Crippen LogP contribution in [0.2, 0.25) is 0 Å². The fraction of sp³-hybridized carbons (Fsp3) is 0.765. The van der Waals surface area contributed by atoms with Gasteiger partial charge in [-0.15, -0.1) is 11.3 Å². The number of carbonyl (C=O) groups is 1. The summed E-state index contributed by atoms with van der Waals surface area (Å²) in [5.74, 6) is 0.668. The molecule has 5 nitrogen and oxygen atoms in total. The van der Waals surface area contributed by atoms with Crippen LogP contribution in [0.15, 0.2) is 5.38 Å². The summed E-state index contributed by atoms with van der Waals surface area (Å²) >= 11 is 1.80. The normalized spacial score (nSPS) is 24.6. The molecule has 2 saturated carbocycles. The molecule has 2 heterocycles. The summed E-state index contributed by atoms with van der Waals surface area (Å²) in [4.78, 5) is 19.1. The van der Waals surface area contributed by atoms with Gasteiger partial charge in [-0.25, -0.2) is 4.98 Å². The summed E-state index contributed by atoms with van der Waals surface area (Å²) in [6.07, 6.45) is 5.68. The predicted octanol–water partition coefficient (Wildman–Crippen LogP) is 1.87. The number of rotatable bonds is 6. The summed E-state index contributed by atoms with van der Waals surface area (Å²) in [7, 11) is 0. The average molecular weight is 335 g/mol. The van der Waals surface area contributed by atoms with Crippen LogP contribution < -0.4 is 5.32 Å². The Morgan fingerprint density at radius 1 is 1.30 bits per heavy atom. The van der Waals surface area contributed by atoms with Crippen LogP contribution in [0.1, 0.15) is 55.1 Å². The highest BCUT2D eigenvalue weighted by Gasteiger charge is 2.33. The Balaban J connectivity index is 1.24. The monoisotopic (exact) mass is 335 g/mol. The predicted molar refractivity (Wildman–Crippen MR) is 89.3 cm³/mol. The molecule has 1 saturated heterocycles. The van der Waals surface area contributed by atoms with Gasteiger partial charge in [-0.3, -0.25) is 9.69 Å². The molecule has 1 aliphatic heterocycles. The third-order valence-electron chi connectivity index (χ3n) is 5.15. The van der Waals surface area contributed by atoms with Crippen molar-refractivity contribution in [2.75, 3.05) is 13.1 Å². The summed E-state index contributed by atoms with van der Waals surface area (Å²) in [5, 5.41) is 16.6. The molecule has 6 heteroatoms. The number of nitrogens with one attached hydrogen (secondary N) is 1. The highest BCUT2D eigenvalue weighted by atomic mass is 32.1. The van der Waals surface area contributed by atoms with Gasteiger partial charge in [-0.1, -0.05) is 0 Å². The van der Waals surface area contributed by atoms with Crippen molar-refractivity contribution < 1.29 is 9.90 Å². The highest BCUT2D eigenvalue weighted by Crippen LogP contribution is 2.41. The van der Waals surface area contributed by atoms with E-state index in [2.05, 4.69) is 15.6 Å². The van der Waals surface area contributed by atoms with Crippen molar-refractivity contribution in [1.82, 2.24) is 15.2 Å². The van der Waals surface area contributed by atoms with E-state index in [4.69, 9.17) is 4.98 Å². The molecule has 0 spiro atoms. The zero-order chi connectivity index (χ0) is 15.8. The molecule has 0 bridgehead atoms. The number of aliphatic hydroxyl groups excluding tert-OH is 1. The highest BCUT2D eigenvalue weighted by molar-refractivity contribution is 7.09. The zero-order valence-corrected chi connectivity index (χ0v) is 14.2. The molecule has 3 aliphatic rings. The fourth-order valence-electron chi connectivity index (χ4n) is 3.30. The lowest BCUT2D eigenvalue weighted by Crippen LogP contribution is -2.44. The van der Waals surface area contributed by atoms with Crippen molar-refractivity contribution in [2.45, 2.75) is 63.1 Å². The Kier molecular flexibility index (Phi) is 4.39. The second-order valence-corrected chi connectivity index (χ2v) is 8.18. The first-order chi connectivity index (χ1) is 11.2. The molecule has 1 atom stereocenters. The Morgan fingerprint density at radius 2 is 2.04 bits per heavy atom. The Morgan fingerprint density at radius 3 is 2.70 bits per heavy atom. The molecule has 1 aromatic rings. The number of nitrogens with zero attached hydrogens (tertiary/aromatic N) is 2. The minimum absolute atomic E-state index is 0.0995. The smallest absolute Gasteiger partial charge is 0.249 e. The van der Waals surface area contributed by atoms with Crippen molar-refractivity contribution in [3.63, 3.8) is 0 Å². The van der Waals surface area contributed by atoms with E-state index in [1.54, 1.807) is 11.3 Å². The molecular weight excluding hydrogens is 310 g/mol. The summed E-state index contributed by atoms with van der Waals surface area (Å²) in [6, 6.07) is 0.322. The topological polar surface area (TPSA) is 65.5 Å². The average Bonchev–Trinajstić information content (AvgIpc) is 3.49. The lowest BCUT2D eigenvalue weighted by molar-refractivity contribution is -0.133. The van der Waals surface area contributed by atoms with E-state index in [1.807, 2.05) is 0 Å². The van der Waals surface area contributed by atoms with Crippen LogP contribution in [-0.4, -0.2) is 46.1 Å². The van der Waals surface area contributed by atoms with E-state index in [0.29, 0.717) is 6.04 Å². The Bertz CT molecular complexity index is 560. The number of carbonyl (C=O) groups excluding carboxylic acids is 1. The number of aromatic nitrogens is 1. The first kappa shape index (κ1) is 15.5. The van der Waals surface area contributed by atoms with E-state index in [9.17, 15) is 9.90 Å². The van der Waals surface area contributed by atoms with Crippen molar-refractivity contribution in [1.29, 1.82) is 0 Å². The molecule has 1 unspecified atom stereocenters. The van der Waals surface area contributed by atoms with Crippen molar-refractivity contribution in [3.05, 3.63) is 16.1 Å². The van der Waals surface area contributed by atoms with Gasteiger partial charge >= 0.3 is 0 Å². The van der Waals surface area contributed by atoms with Crippen molar-refractivity contribution in [3.8, 4) is 0 Å². The standard InChI is InChI=1S/C17H25N3O2S/c21-15(16(22)18-13-3-4-13)11-5-7-20(8-6-11)9-14-10-23-17(19-14)12-1-2-12/h10-13,15,21H,1-9H2,(H,18,22). The Labute approximate surface area is 141 Å². The summed E-state index contributed by atoms with van der Waals surface area (Å²) in [5.41, 5.74) is 1.18. The SMILES string of the molecule is O=C(NC1CC1)C(O)C1CCN(Cc2csc(C3CC3)n2)CC1. The number of aliphatic hydroxyl groups is 1. The molecule has 3 fully saturated rings. The maximum Gasteiger partial charge on any atom is 0.249 e. The van der Waals surface area contributed by atoms with Gasteiger partial charge in [0.15, 0.2) is 0 Å². The minimum atomic E-state index is -0.835. The number of hydrogen-bond acceptors (Lipinski definition) is 5. The van der Waals surface area contributed by atoms with E-state index >= 15 is 0 Å². The maximum atomic E-state index is 12.0. The molecule has 2 aliphatic carbocycles. The molecular formula is C17H25N3O2S. The largest absolute Gasteiger partial charge is 0.383 e. The molecule has 1 aromatic heterocycles. The first-order valence-corrected chi connectivity index (χ1v) is 9.72. The van der Waals surface area contributed by atoms with Gasteiger partial charge in [0, 0.05) is 23.9 Å². The van der Waals surface area contributed by atoms with E-state index < -0.39 is 6.10 Å².